The van der Waals surface area contributed by atoms with Crippen molar-refractivity contribution in [2.45, 2.75) is 33.4 Å². The molecule has 152 valence electrons. The van der Waals surface area contributed by atoms with Crippen molar-refractivity contribution in [3.05, 3.63) is 64.2 Å². The van der Waals surface area contributed by atoms with Crippen molar-refractivity contribution >= 4 is 17.2 Å². The Balaban J connectivity index is 1.89. The van der Waals surface area contributed by atoms with Gasteiger partial charge < -0.3 is 15.6 Å². The molecule has 0 fully saturated rings. The van der Waals surface area contributed by atoms with Crippen LogP contribution in [0.1, 0.15) is 25.1 Å². The van der Waals surface area contributed by atoms with Gasteiger partial charge in [-0.2, -0.15) is 5.10 Å². The van der Waals surface area contributed by atoms with E-state index >= 15 is 0 Å². The van der Waals surface area contributed by atoms with Gasteiger partial charge in [0, 0.05) is 37.1 Å². The van der Waals surface area contributed by atoms with Crippen LogP contribution in [0.15, 0.2) is 47.4 Å². The fraction of sp³-hybridized carbons (Fsp3) is 0.318. The van der Waals surface area contributed by atoms with Crippen LogP contribution < -0.4 is 16.6 Å². The Bertz CT molecular complexity index is 1060. The summed E-state index contributed by atoms with van der Waals surface area (Å²) < 4.78 is 1.56. The lowest BCUT2D eigenvalue weighted by Gasteiger charge is -2.20. The molecular formula is C22H28N6O. The molecule has 0 aliphatic carbocycles. The number of benzene rings is 1. The van der Waals surface area contributed by atoms with Crippen molar-refractivity contribution in [3.63, 3.8) is 0 Å². The highest BCUT2D eigenvalue weighted by molar-refractivity contribution is 5.75. The third-order valence-corrected chi connectivity index (χ3v) is 5.15. The minimum absolute atomic E-state index is 0.138. The Morgan fingerprint density at radius 1 is 1.21 bits per heavy atom. The maximum Gasteiger partial charge on any atom is 0.274 e. The van der Waals surface area contributed by atoms with E-state index in [1.807, 2.05) is 56.6 Å². The maximum atomic E-state index is 12.6. The van der Waals surface area contributed by atoms with Crippen LogP contribution in [0.5, 0.6) is 0 Å². The van der Waals surface area contributed by atoms with Crippen LogP contribution in [0, 0.1) is 6.92 Å². The second-order valence-corrected chi connectivity index (χ2v) is 7.62. The molecule has 2 aromatic heterocycles. The van der Waals surface area contributed by atoms with Gasteiger partial charge in [0.2, 0.25) is 0 Å². The second-order valence-electron chi connectivity index (χ2n) is 7.62. The molecule has 3 rings (SSSR count). The zero-order chi connectivity index (χ0) is 21.1. The van der Waals surface area contributed by atoms with Crippen molar-refractivity contribution in [2.75, 3.05) is 18.1 Å². The number of aromatic nitrogens is 3. The molecule has 1 aromatic carbocycles. The van der Waals surface area contributed by atoms with E-state index in [0.717, 1.165) is 34.6 Å². The third-order valence-electron chi connectivity index (χ3n) is 5.15. The topological polar surface area (TPSA) is 89.1 Å². The van der Waals surface area contributed by atoms with Crippen molar-refractivity contribution in [2.24, 2.45) is 7.05 Å². The average Bonchev–Trinajstić information content (AvgIpc) is 2.68. The minimum atomic E-state index is -0.138. The second kappa shape index (κ2) is 8.45. The normalized spacial score (nSPS) is 11.3. The molecule has 0 aliphatic heterocycles. The molecule has 0 aliphatic rings. The van der Waals surface area contributed by atoms with Gasteiger partial charge >= 0.3 is 0 Å². The first kappa shape index (κ1) is 20.5. The Labute approximate surface area is 171 Å². The number of pyridine rings is 1. The standard InChI is InChI=1S/C22H28N6O/c1-14(2)27(4)13-17-9-10-21(26-25-17)24-20-11-16(12-28(5)22(20)29)18-7-6-8-19(23)15(18)3/h6-12,14H,13,23H2,1-5H3,(H,24,26). The Morgan fingerprint density at radius 2 is 1.97 bits per heavy atom. The fourth-order valence-corrected chi connectivity index (χ4v) is 3.00. The van der Waals surface area contributed by atoms with Gasteiger partial charge in [-0.3, -0.25) is 9.69 Å². The quantitative estimate of drug-likeness (QED) is 0.626. The van der Waals surface area contributed by atoms with Crippen molar-refractivity contribution in [1.82, 2.24) is 19.7 Å². The van der Waals surface area contributed by atoms with E-state index in [9.17, 15) is 4.79 Å². The van der Waals surface area contributed by atoms with Crippen LogP contribution in [0.2, 0.25) is 0 Å². The summed E-state index contributed by atoms with van der Waals surface area (Å²) in [7, 11) is 3.78. The fourth-order valence-electron chi connectivity index (χ4n) is 3.00. The number of aryl methyl sites for hydroxylation is 1. The molecule has 0 bridgehead atoms. The summed E-state index contributed by atoms with van der Waals surface area (Å²) in [6.45, 7) is 6.96. The monoisotopic (exact) mass is 392 g/mol. The number of nitrogens with one attached hydrogen (secondary N) is 1. The zero-order valence-electron chi connectivity index (χ0n) is 17.6. The van der Waals surface area contributed by atoms with Gasteiger partial charge in [-0.25, -0.2) is 0 Å². The first-order valence-corrected chi connectivity index (χ1v) is 9.62. The number of rotatable bonds is 6. The average molecular weight is 393 g/mol. The van der Waals surface area contributed by atoms with Crippen LogP contribution in [0.4, 0.5) is 17.2 Å². The van der Waals surface area contributed by atoms with Crippen LogP contribution >= 0.6 is 0 Å². The van der Waals surface area contributed by atoms with E-state index in [4.69, 9.17) is 5.73 Å². The summed E-state index contributed by atoms with van der Waals surface area (Å²) in [5.74, 6) is 0.527. The summed E-state index contributed by atoms with van der Waals surface area (Å²) >= 11 is 0. The number of nitrogen functional groups attached to an aromatic ring is 1. The van der Waals surface area contributed by atoms with Crippen LogP contribution in [-0.2, 0) is 13.6 Å². The molecule has 0 unspecified atom stereocenters. The van der Waals surface area contributed by atoms with Gasteiger partial charge in [0.15, 0.2) is 5.82 Å². The SMILES string of the molecule is Cc1c(N)cccc1-c1cc(Nc2ccc(CN(C)C(C)C)nn2)c(=O)n(C)c1. The van der Waals surface area contributed by atoms with Crippen molar-refractivity contribution in [1.29, 1.82) is 0 Å². The lowest BCUT2D eigenvalue weighted by atomic mass is 10.0. The predicted octanol–water partition coefficient (Wildman–Crippen LogP) is 3.32. The van der Waals surface area contributed by atoms with Gasteiger partial charge in [-0.15, -0.1) is 5.10 Å². The molecule has 7 nitrogen and oxygen atoms in total. The Hall–Kier alpha value is -3.19. The minimum Gasteiger partial charge on any atom is -0.398 e. The van der Waals surface area contributed by atoms with E-state index in [-0.39, 0.29) is 5.56 Å². The van der Waals surface area contributed by atoms with Crippen LogP contribution in [-0.4, -0.2) is 32.8 Å². The third kappa shape index (κ3) is 4.63. The van der Waals surface area contributed by atoms with E-state index in [1.165, 1.54) is 0 Å². The summed E-state index contributed by atoms with van der Waals surface area (Å²) in [6.07, 6.45) is 1.81. The smallest absolute Gasteiger partial charge is 0.274 e. The van der Waals surface area contributed by atoms with Crippen molar-refractivity contribution < 1.29 is 0 Å². The van der Waals surface area contributed by atoms with E-state index < -0.39 is 0 Å². The molecule has 0 amide bonds. The molecule has 0 saturated heterocycles. The van der Waals surface area contributed by atoms with Crippen molar-refractivity contribution in [3.8, 4) is 11.1 Å². The van der Waals surface area contributed by atoms with Gasteiger partial charge in [0.1, 0.15) is 5.69 Å². The van der Waals surface area contributed by atoms with Gasteiger partial charge in [0.25, 0.3) is 5.56 Å². The summed E-state index contributed by atoms with van der Waals surface area (Å²) in [6, 6.07) is 11.8. The highest BCUT2D eigenvalue weighted by atomic mass is 16.1. The molecule has 29 heavy (non-hydrogen) atoms. The number of nitrogens with zero attached hydrogens (tertiary/aromatic N) is 4. The van der Waals surface area contributed by atoms with Crippen LogP contribution in [0.3, 0.4) is 0 Å². The largest absolute Gasteiger partial charge is 0.398 e. The van der Waals surface area contributed by atoms with E-state index in [2.05, 4.69) is 34.3 Å². The lowest BCUT2D eigenvalue weighted by Crippen LogP contribution is -2.26. The highest BCUT2D eigenvalue weighted by Gasteiger charge is 2.11. The number of hydrogen-bond donors (Lipinski definition) is 2. The molecular weight excluding hydrogens is 364 g/mol. The van der Waals surface area contributed by atoms with Gasteiger partial charge in [-0.1, -0.05) is 12.1 Å². The molecule has 2 heterocycles. The molecule has 0 saturated carbocycles. The van der Waals surface area contributed by atoms with Gasteiger partial charge in [0.05, 0.1) is 5.69 Å². The first-order valence-electron chi connectivity index (χ1n) is 9.62. The van der Waals surface area contributed by atoms with E-state index in [0.29, 0.717) is 17.5 Å². The molecule has 7 heteroatoms. The predicted molar refractivity (Wildman–Crippen MR) is 118 cm³/mol. The summed E-state index contributed by atoms with van der Waals surface area (Å²) in [5, 5.41) is 11.6. The summed E-state index contributed by atoms with van der Waals surface area (Å²) in [4.78, 5) is 14.8. The number of anilines is 3. The zero-order valence-corrected chi connectivity index (χ0v) is 17.6. The van der Waals surface area contributed by atoms with Gasteiger partial charge in [-0.05, 0) is 63.2 Å². The maximum absolute atomic E-state index is 12.6. The highest BCUT2D eigenvalue weighted by Crippen LogP contribution is 2.28. The molecule has 3 aromatic rings. The molecule has 0 atom stereocenters. The molecule has 3 N–H and O–H groups in total. The summed E-state index contributed by atoms with van der Waals surface area (Å²) in [5.41, 5.74) is 10.8. The lowest BCUT2D eigenvalue weighted by molar-refractivity contribution is 0.262. The number of nitrogens with two attached hydrogens (primary N) is 1. The molecule has 0 spiro atoms. The Morgan fingerprint density at radius 3 is 2.62 bits per heavy atom. The number of hydrogen-bond acceptors (Lipinski definition) is 6. The molecule has 0 radical (unpaired) electrons. The van der Waals surface area contributed by atoms with E-state index in [1.54, 1.807) is 11.6 Å². The van der Waals surface area contributed by atoms with Crippen LogP contribution in [0.25, 0.3) is 11.1 Å². The first-order chi connectivity index (χ1) is 13.8. The Kier molecular flexibility index (Phi) is 5.98.